The smallest absolute Gasteiger partial charge is 0.332 e. The number of urea groups is 1. The number of carbonyl (C=O) groups excluding carboxylic acids is 1. The van der Waals surface area contributed by atoms with E-state index in [-0.39, 0.29) is 12.2 Å². The fourth-order valence-electron chi connectivity index (χ4n) is 2.78. The van der Waals surface area contributed by atoms with E-state index in [0.29, 0.717) is 34.0 Å². The van der Waals surface area contributed by atoms with E-state index in [4.69, 9.17) is 5.73 Å². The van der Waals surface area contributed by atoms with E-state index in [1.807, 2.05) is 6.07 Å². The molecule has 0 radical (unpaired) electrons. The second-order valence-electron chi connectivity index (χ2n) is 6.09. The average Bonchev–Trinajstić information content (AvgIpc) is 3.08. The Bertz CT molecular complexity index is 1230. The summed E-state index contributed by atoms with van der Waals surface area (Å²) in [7, 11) is 0. The number of nitrogens with one attached hydrogen (secondary N) is 1. The molecule has 0 saturated heterocycles. The molecular formula is C18H15FN8O. The van der Waals surface area contributed by atoms with Gasteiger partial charge in [-0.05, 0) is 36.8 Å². The van der Waals surface area contributed by atoms with E-state index in [0.717, 1.165) is 5.39 Å². The van der Waals surface area contributed by atoms with Crippen molar-refractivity contribution in [3.63, 3.8) is 0 Å². The summed E-state index contributed by atoms with van der Waals surface area (Å²) in [6.07, 6.45) is 1.82. The normalized spacial score (nSPS) is 11.9. The highest BCUT2D eigenvalue weighted by Gasteiger charge is 2.13. The summed E-state index contributed by atoms with van der Waals surface area (Å²) < 4.78 is 16.0. The third kappa shape index (κ3) is 3.34. The lowest BCUT2D eigenvalue weighted by Gasteiger charge is -2.05. The number of pyridine rings is 1. The summed E-state index contributed by atoms with van der Waals surface area (Å²) in [5, 5.41) is 17.3. The Labute approximate surface area is 158 Å². The maximum absolute atomic E-state index is 14.5. The highest BCUT2D eigenvalue weighted by molar-refractivity contribution is 5.97. The van der Waals surface area contributed by atoms with Crippen LogP contribution >= 0.6 is 0 Å². The molecule has 9 nitrogen and oxygen atoms in total. The zero-order chi connectivity index (χ0) is 19.7. The molecule has 0 bridgehead atoms. The van der Waals surface area contributed by atoms with Crippen molar-refractivity contribution >= 4 is 28.3 Å². The van der Waals surface area contributed by atoms with Crippen molar-refractivity contribution in [2.24, 2.45) is 10.8 Å². The molecule has 3 N–H and O–H groups in total. The van der Waals surface area contributed by atoms with E-state index in [2.05, 4.69) is 30.8 Å². The number of hydrogen-bond donors (Lipinski definition) is 2. The number of rotatable bonds is 4. The summed E-state index contributed by atoms with van der Waals surface area (Å²) in [6.45, 7) is 1.67. The first-order valence-corrected chi connectivity index (χ1v) is 8.36. The van der Waals surface area contributed by atoms with Crippen LogP contribution in [0.1, 0.15) is 24.0 Å². The van der Waals surface area contributed by atoms with Crippen molar-refractivity contribution in [2.75, 3.05) is 0 Å². The molecule has 3 heterocycles. The SMILES string of the molecule is C/C(=N/NC(N)=O)c1ccc2nnc(Cc3cc4cccnc4cc3F)n2n1. The molecule has 0 aliphatic carbocycles. The van der Waals surface area contributed by atoms with Gasteiger partial charge in [-0.15, -0.1) is 10.2 Å². The van der Waals surface area contributed by atoms with Crippen LogP contribution in [0, 0.1) is 5.82 Å². The Morgan fingerprint density at radius 3 is 2.96 bits per heavy atom. The summed E-state index contributed by atoms with van der Waals surface area (Å²) >= 11 is 0. The number of aromatic nitrogens is 5. The fraction of sp³-hybridized carbons (Fsp3) is 0.111. The number of primary amides is 1. The Hall–Kier alpha value is -3.95. The van der Waals surface area contributed by atoms with Crippen molar-refractivity contribution in [1.29, 1.82) is 0 Å². The van der Waals surface area contributed by atoms with Gasteiger partial charge in [-0.1, -0.05) is 6.07 Å². The van der Waals surface area contributed by atoms with Crippen molar-refractivity contribution in [3.8, 4) is 0 Å². The minimum Gasteiger partial charge on any atom is -0.350 e. The Morgan fingerprint density at radius 2 is 2.14 bits per heavy atom. The van der Waals surface area contributed by atoms with Crippen LogP contribution in [0.2, 0.25) is 0 Å². The molecule has 0 unspecified atom stereocenters. The van der Waals surface area contributed by atoms with Gasteiger partial charge in [0.25, 0.3) is 0 Å². The number of halogens is 1. The van der Waals surface area contributed by atoms with Crippen LogP contribution in [-0.2, 0) is 6.42 Å². The van der Waals surface area contributed by atoms with Gasteiger partial charge in [0, 0.05) is 24.1 Å². The van der Waals surface area contributed by atoms with E-state index in [1.54, 1.807) is 37.4 Å². The molecule has 2 amide bonds. The molecule has 0 saturated carbocycles. The predicted molar refractivity (Wildman–Crippen MR) is 100 cm³/mol. The van der Waals surface area contributed by atoms with Gasteiger partial charge in [-0.25, -0.2) is 14.6 Å². The minimum atomic E-state index is -0.772. The van der Waals surface area contributed by atoms with Crippen LogP contribution in [0.15, 0.2) is 47.7 Å². The standard InChI is InChI=1S/C18H15FN8O/c1-10(22-25-18(20)28)14-4-5-16-23-24-17(27(16)26-14)8-12-7-11-3-2-6-21-15(11)9-13(12)19/h2-7,9H,8H2,1H3,(H3,20,25,28)/b22-10-. The Kier molecular flexibility index (Phi) is 4.36. The molecule has 10 heteroatoms. The maximum atomic E-state index is 14.5. The van der Waals surface area contributed by atoms with Gasteiger partial charge in [0.05, 0.1) is 11.2 Å². The van der Waals surface area contributed by atoms with Crippen LogP contribution in [0.25, 0.3) is 16.6 Å². The summed E-state index contributed by atoms with van der Waals surface area (Å²) in [5.41, 5.74) is 9.67. The lowest BCUT2D eigenvalue weighted by Crippen LogP contribution is -2.25. The van der Waals surface area contributed by atoms with Gasteiger partial charge < -0.3 is 5.73 Å². The highest BCUT2D eigenvalue weighted by Crippen LogP contribution is 2.20. The van der Waals surface area contributed by atoms with Gasteiger partial charge in [0.15, 0.2) is 11.5 Å². The van der Waals surface area contributed by atoms with E-state index < -0.39 is 6.03 Å². The van der Waals surface area contributed by atoms with Gasteiger partial charge >= 0.3 is 6.03 Å². The van der Waals surface area contributed by atoms with Gasteiger partial charge in [-0.2, -0.15) is 14.7 Å². The molecule has 0 spiro atoms. The molecule has 140 valence electrons. The maximum Gasteiger partial charge on any atom is 0.332 e. The lowest BCUT2D eigenvalue weighted by molar-refractivity contribution is 0.249. The van der Waals surface area contributed by atoms with Crippen molar-refractivity contribution in [1.82, 2.24) is 30.2 Å². The first kappa shape index (κ1) is 17.5. The van der Waals surface area contributed by atoms with Crippen LogP contribution in [0.3, 0.4) is 0 Å². The molecule has 0 aliphatic rings. The number of nitrogens with zero attached hydrogens (tertiary/aromatic N) is 6. The Balaban J connectivity index is 1.71. The fourth-order valence-corrected chi connectivity index (χ4v) is 2.78. The molecule has 28 heavy (non-hydrogen) atoms. The predicted octanol–water partition coefficient (Wildman–Crippen LogP) is 1.79. The zero-order valence-corrected chi connectivity index (χ0v) is 14.8. The van der Waals surface area contributed by atoms with Crippen LogP contribution in [-0.4, -0.2) is 36.5 Å². The quantitative estimate of drug-likeness (QED) is 0.414. The monoisotopic (exact) mass is 378 g/mol. The number of hydrogen-bond acceptors (Lipinski definition) is 6. The summed E-state index contributed by atoms with van der Waals surface area (Å²) in [4.78, 5) is 15.0. The number of fused-ring (bicyclic) bond motifs is 2. The number of carbonyl (C=O) groups is 1. The number of amides is 2. The van der Waals surface area contributed by atoms with Crippen LogP contribution < -0.4 is 11.2 Å². The van der Waals surface area contributed by atoms with Gasteiger partial charge in [0.2, 0.25) is 0 Å². The summed E-state index contributed by atoms with van der Waals surface area (Å²) in [5.74, 6) is 0.0946. The third-order valence-corrected chi connectivity index (χ3v) is 4.15. The molecule has 4 aromatic rings. The van der Waals surface area contributed by atoms with Crippen LogP contribution in [0.5, 0.6) is 0 Å². The lowest BCUT2D eigenvalue weighted by atomic mass is 10.1. The zero-order valence-electron chi connectivity index (χ0n) is 14.8. The number of nitrogens with two attached hydrogens (primary N) is 1. The van der Waals surface area contributed by atoms with Crippen LogP contribution in [0.4, 0.5) is 9.18 Å². The van der Waals surface area contributed by atoms with E-state index >= 15 is 0 Å². The van der Waals surface area contributed by atoms with Crippen molar-refractivity contribution in [3.05, 3.63) is 65.5 Å². The van der Waals surface area contributed by atoms with Crippen molar-refractivity contribution in [2.45, 2.75) is 13.3 Å². The first-order chi connectivity index (χ1) is 13.5. The Morgan fingerprint density at radius 1 is 1.29 bits per heavy atom. The number of hydrazone groups is 1. The molecule has 0 fully saturated rings. The highest BCUT2D eigenvalue weighted by atomic mass is 19.1. The molecule has 1 aromatic carbocycles. The molecule has 3 aromatic heterocycles. The largest absolute Gasteiger partial charge is 0.350 e. The van der Waals surface area contributed by atoms with E-state index in [9.17, 15) is 9.18 Å². The minimum absolute atomic E-state index is 0.198. The van der Waals surface area contributed by atoms with E-state index in [1.165, 1.54) is 10.6 Å². The molecule has 0 aliphatic heterocycles. The average molecular weight is 378 g/mol. The molecule has 4 rings (SSSR count). The first-order valence-electron chi connectivity index (χ1n) is 8.36. The number of benzene rings is 1. The molecular weight excluding hydrogens is 363 g/mol. The van der Waals surface area contributed by atoms with Crippen molar-refractivity contribution < 1.29 is 9.18 Å². The summed E-state index contributed by atoms with van der Waals surface area (Å²) in [6, 6.07) is 9.44. The van der Waals surface area contributed by atoms with Gasteiger partial charge in [-0.3, -0.25) is 4.98 Å². The second kappa shape index (κ2) is 6.99. The van der Waals surface area contributed by atoms with Gasteiger partial charge in [0.1, 0.15) is 11.5 Å². The topological polar surface area (TPSA) is 123 Å². The second-order valence-corrected chi connectivity index (χ2v) is 6.09. The molecule has 0 atom stereocenters. The third-order valence-electron chi connectivity index (χ3n) is 4.15.